The quantitative estimate of drug-likeness (QED) is 0.00907. The number of aryl methyl sites for hydroxylation is 1. The van der Waals surface area contributed by atoms with Gasteiger partial charge in [-0.15, -0.1) is 0 Å². The molecule has 32 heteroatoms. The van der Waals surface area contributed by atoms with E-state index in [-0.39, 0.29) is 82.3 Å². The number of cyclic esters (lactones) is 1. The summed E-state index contributed by atoms with van der Waals surface area (Å²) in [5.74, 6) is -8.37. The van der Waals surface area contributed by atoms with Gasteiger partial charge in [-0.2, -0.15) is 0 Å². The zero-order valence-electron chi connectivity index (χ0n) is 51.6. The van der Waals surface area contributed by atoms with Crippen LogP contribution in [0.3, 0.4) is 0 Å². The van der Waals surface area contributed by atoms with Crippen LogP contribution in [0.1, 0.15) is 97.7 Å². The highest BCUT2D eigenvalue weighted by Crippen LogP contribution is 2.45. The van der Waals surface area contributed by atoms with Crippen molar-refractivity contribution >= 4 is 75.9 Å². The highest BCUT2D eigenvalue weighted by molar-refractivity contribution is 6.12. The lowest BCUT2D eigenvalue weighted by Gasteiger charge is -2.40. The van der Waals surface area contributed by atoms with E-state index in [0.29, 0.717) is 57.4 Å². The lowest BCUT2D eigenvalue weighted by atomic mass is 9.83. The van der Waals surface area contributed by atoms with Gasteiger partial charge in [0.05, 0.1) is 61.3 Å². The van der Waals surface area contributed by atoms with Crippen LogP contribution in [-0.4, -0.2) is 200 Å². The number of benzene rings is 2. The molecule has 4 aromatic rings. The van der Waals surface area contributed by atoms with Gasteiger partial charge in [0.15, 0.2) is 5.60 Å². The lowest BCUT2D eigenvalue weighted by molar-refractivity contribution is -0.227. The molecule has 4 aliphatic heterocycles. The van der Waals surface area contributed by atoms with Crippen molar-refractivity contribution in [1.82, 2.24) is 57.0 Å². The first-order valence-corrected chi connectivity index (χ1v) is 31.0. The molecule has 31 nitrogen and oxygen atoms in total. The predicted molar refractivity (Wildman–Crippen MR) is 326 cm³/mol. The van der Waals surface area contributed by atoms with Gasteiger partial charge in [-0.05, 0) is 73.4 Å². The van der Waals surface area contributed by atoms with E-state index in [1.807, 2.05) is 0 Å². The molecule has 508 valence electrons. The maximum Gasteiger partial charge on any atom is 0.343 e. The summed E-state index contributed by atoms with van der Waals surface area (Å²) < 4.78 is 32.9. The predicted octanol–water partition coefficient (Wildman–Crippen LogP) is -3.80. The van der Waals surface area contributed by atoms with E-state index in [4.69, 9.17) is 19.2 Å². The van der Waals surface area contributed by atoms with E-state index in [0.717, 1.165) is 17.1 Å². The zero-order valence-corrected chi connectivity index (χ0v) is 51.6. The van der Waals surface area contributed by atoms with Gasteiger partial charge in [-0.25, -0.2) is 14.2 Å². The molecule has 0 unspecified atom stereocenters. The Balaban J connectivity index is 0.735. The van der Waals surface area contributed by atoms with Gasteiger partial charge < -0.3 is 86.8 Å². The van der Waals surface area contributed by atoms with Crippen molar-refractivity contribution in [1.29, 1.82) is 0 Å². The van der Waals surface area contributed by atoms with Crippen LogP contribution in [-0.2, 0) is 98.5 Å². The number of nitrogens with one attached hydrogen (secondary N) is 8. The minimum Gasteiger partial charge on any atom is -0.458 e. The maximum atomic E-state index is 15.4. The Morgan fingerprint density at radius 2 is 1.43 bits per heavy atom. The zero-order chi connectivity index (χ0) is 68.3. The smallest absolute Gasteiger partial charge is 0.343 e. The number of aliphatic hydroxyl groups excluding tert-OH is 4. The number of carbonyl (C=O) groups is 11. The molecule has 95 heavy (non-hydrogen) atoms. The van der Waals surface area contributed by atoms with Crippen LogP contribution in [0, 0.1) is 5.82 Å². The number of imide groups is 1. The number of halogens is 1. The normalized spacial score (nSPS) is 21.3. The number of hydrogen-bond donors (Lipinski definition) is 13. The van der Waals surface area contributed by atoms with Gasteiger partial charge in [0.2, 0.25) is 47.3 Å². The number of hydrogen-bond acceptors (Lipinski definition) is 21. The summed E-state index contributed by atoms with van der Waals surface area (Å²) in [6.45, 7) is -2.80. The Kier molecular flexibility index (Phi) is 23.0. The maximum absolute atomic E-state index is 15.4. The molecule has 2 aromatic carbocycles. The van der Waals surface area contributed by atoms with E-state index in [2.05, 4.69) is 42.5 Å². The third-order valence-electron chi connectivity index (χ3n) is 17.1. The van der Waals surface area contributed by atoms with Crippen LogP contribution in [0.4, 0.5) is 4.39 Å². The second kappa shape index (κ2) is 31.2. The number of ether oxygens (including phenoxy) is 3. The van der Waals surface area contributed by atoms with Crippen molar-refractivity contribution in [3.8, 4) is 11.4 Å². The molecular formula is C63H74FN11O20. The van der Waals surface area contributed by atoms with Crippen LogP contribution < -0.4 is 48.1 Å². The number of unbranched alkanes of at least 4 members (excludes halogenated alkanes) is 2. The second-order valence-corrected chi connectivity index (χ2v) is 23.5. The average molecular weight is 1320 g/mol. The van der Waals surface area contributed by atoms with Crippen LogP contribution in [0.5, 0.6) is 0 Å². The molecule has 10 amide bonds. The highest BCUT2D eigenvalue weighted by Gasteiger charge is 2.47. The van der Waals surface area contributed by atoms with Gasteiger partial charge >= 0.3 is 5.97 Å². The summed E-state index contributed by atoms with van der Waals surface area (Å²) >= 11 is 0. The summed E-state index contributed by atoms with van der Waals surface area (Å²) in [5.41, 5.74) is 0.813. The summed E-state index contributed by atoms with van der Waals surface area (Å²) in [4.78, 5) is 162. The third-order valence-corrected chi connectivity index (χ3v) is 17.1. The summed E-state index contributed by atoms with van der Waals surface area (Å²) in [7, 11) is 0. The first-order valence-electron chi connectivity index (χ1n) is 31.0. The fourth-order valence-corrected chi connectivity index (χ4v) is 12.0. The Hall–Kier alpha value is -9.44. The summed E-state index contributed by atoms with van der Waals surface area (Å²) in [6.07, 6.45) is -4.51. The third kappa shape index (κ3) is 16.4. The van der Waals surface area contributed by atoms with Gasteiger partial charge in [0, 0.05) is 61.0 Å². The number of aromatic nitrogens is 2. The number of pyridine rings is 2. The van der Waals surface area contributed by atoms with E-state index < -0.39 is 177 Å². The van der Waals surface area contributed by atoms with Crippen molar-refractivity contribution in [2.24, 2.45) is 0 Å². The first-order chi connectivity index (χ1) is 45.5. The SMILES string of the molecule is CC[C@@]1(O)C(=O)OCc2c1cc1n(c2=O)Cc2c-1nc1ccc(F)c3c1c2[C@@H](NC(=O)COCNC(=O)CNC(=O)[C@H](Cc1ccccc1)NC(=O)CNC(=O)CNC(=O)[C@H](CCC(=O)NC[C@@H]1O[C@H](CO)[C@@H](O)[C@H](O)[C@H]1O)NC(=O)CCCCCN1C(=O)C=CC1=O)CC3. The Bertz CT molecular complexity index is 3740. The second-order valence-electron chi connectivity index (χ2n) is 23.5. The molecule has 1 saturated heterocycles. The van der Waals surface area contributed by atoms with Crippen LogP contribution in [0.15, 0.2) is 65.5 Å². The number of amides is 10. The highest BCUT2D eigenvalue weighted by atomic mass is 19.1. The first kappa shape index (κ1) is 69.9. The fourth-order valence-electron chi connectivity index (χ4n) is 12.0. The largest absolute Gasteiger partial charge is 0.458 e. The minimum atomic E-state index is -2.07. The Labute approximate surface area is 540 Å². The molecule has 6 heterocycles. The molecule has 13 N–H and O–H groups in total. The topological polar surface area (TPSA) is 451 Å². The molecular weight excluding hydrogens is 1250 g/mol. The summed E-state index contributed by atoms with van der Waals surface area (Å²) in [5, 5.41) is 71.9. The number of aliphatic hydroxyl groups is 5. The summed E-state index contributed by atoms with van der Waals surface area (Å²) in [6, 6.07) is 9.43. The van der Waals surface area contributed by atoms with E-state index in [9.17, 15) is 83.1 Å². The van der Waals surface area contributed by atoms with Gasteiger partial charge in [-0.3, -0.25) is 57.6 Å². The van der Waals surface area contributed by atoms with Crippen molar-refractivity contribution in [3.63, 3.8) is 0 Å². The van der Waals surface area contributed by atoms with Gasteiger partial charge in [0.25, 0.3) is 17.4 Å². The van der Waals surface area contributed by atoms with E-state index in [1.54, 1.807) is 43.3 Å². The van der Waals surface area contributed by atoms with Crippen molar-refractivity contribution in [2.45, 2.75) is 139 Å². The number of esters is 1. The fraction of sp³-hybridized carbons (Fsp3) is 0.476. The van der Waals surface area contributed by atoms with Gasteiger partial charge in [-0.1, -0.05) is 43.7 Å². The standard InChI is InChI=1S/C63H74FN11O20/c1-2-63(92)36-22-42-55-34(27-75(42)61(90)35(36)29-94-62(63)91)54-38(14-12-33-37(64)13-15-39(73-55)53(33)54)70-50(82)30-93-31-69-48(80)25-68-60(89)41(21-32-9-5-3-6-10-32)72-49(81)26-66-47(79)24-67-59(88)40(71-46(78)11-7-4-8-20-74-51(83)18-19-52(74)84)16-17-45(77)65-23-43-56(85)58(87)57(86)44(28-76)95-43/h3,5-6,9-10,13,15,18-19,22,38,40-41,43-44,56-58,76,85-87,92H,2,4,7-8,11-12,14,16-17,20-21,23-31H2,1H3,(H,65,77)(H,66,79)(H,67,88)(H,68,89)(H,69,80)(H,70,82)(H,71,78)(H,72,81)/t38-,40-,41-,43-,44+,56-,57+,58+,63-/m0/s1. The molecule has 9 atom stereocenters. The average Bonchev–Trinajstić information content (AvgIpc) is 1.61. The number of fused-ring (bicyclic) bond motifs is 5. The molecule has 0 saturated carbocycles. The molecule has 0 spiro atoms. The van der Waals surface area contributed by atoms with E-state index in [1.165, 1.54) is 16.7 Å². The molecule has 1 aliphatic carbocycles. The molecule has 1 fully saturated rings. The van der Waals surface area contributed by atoms with Crippen molar-refractivity contribution in [2.75, 3.05) is 52.7 Å². The molecule has 0 bridgehead atoms. The minimum absolute atomic E-state index is 0.0101. The number of carbonyl (C=O) groups excluding carboxylic acids is 11. The monoisotopic (exact) mass is 1320 g/mol. The number of rotatable bonds is 30. The van der Waals surface area contributed by atoms with Crippen LogP contribution in [0.2, 0.25) is 0 Å². The van der Waals surface area contributed by atoms with E-state index >= 15 is 4.39 Å². The number of nitrogens with zero attached hydrogens (tertiary/aromatic N) is 3. The van der Waals surface area contributed by atoms with Crippen LogP contribution in [0.25, 0.3) is 22.3 Å². The Morgan fingerprint density at radius 1 is 0.747 bits per heavy atom. The van der Waals surface area contributed by atoms with Crippen LogP contribution >= 0.6 is 0 Å². The molecule has 0 radical (unpaired) electrons. The lowest BCUT2D eigenvalue weighted by Crippen LogP contribution is -2.60. The van der Waals surface area contributed by atoms with Crippen molar-refractivity contribution < 1.29 is 96.9 Å². The molecule has 5 aliphatic rings. The van der Waals surface area contributed by atoms with Crippen molar-refractivity contribution in [3.05, 3.63) is 110 Å². The Morgan fingerprint density at radius 3 is 2.15 bits per heavy atom. The molecule has 9 rings (SSSR count). The van der Waals surface area contributed by atoms with Gasteiger partial charge in [0.1, 0.15) is 68.4 Å². The molecule has 2 aromatic heterocycles.